The van der Waals surface area contributed by atoms with E-state index in [1.54, 1.807) is 12.1 Å². The van der Waals surface area contributed by atoms with Crippen molar-refractivity contribution in [1.29, 1.82) is 0 Å². The lowest BCUT2D eigenvalue weighted by Gasteiger charge is -2.04. The summed E-state index contributed by atoms with van der Waals surface area (Å²) in [6.45, 7) is -0.112. The maximum absolute atomic E-state index is 10.5. The molecule has 13 heavy (non-hydrogen) atoms. The van der Waals surface area contributed by atoms with Crippen molar-refractivity contribution < 1.29 is 15.0 Å². The van der Waals surface area contributed by atoms with Gasteiger partial charge in [-0.05, 0) is 45.9 Å². The van der Waals surface area contributed by atoms with E-state index >= 15 is 0 Å². The predicted molar refractivity (Wildman–Crippen MR) is 56.4 cm³/mol. The van der Waals surface area contributed by atoms with Crippen molar-refractivity contribution >= 4 is 28.6 Å². The molecule has 0 fully saturated rings. The maximum atomic E-state index is 10.5. The minimum absolute atomic E-state index is 0.0350. The van der Waals surface area contributed by atoms with Crippen LogP contribution in [0.1, 0.15) is 11.1 Å². The van der Waals surface area contributed by atoms with Crippen molar-refractivity contribution in [2.45, 2.75) is 13.0 Å². The van der Waals surface area contributed by atoms with E-state index in [1.165, 1.54) is 0 Å². The molecule has 0 amide bonds. The first kappa shape index (κ1) is 10.5. The Labute approximate surface area is 89.5 Å². The molecule has 4 heteroatoms. The molecule has 0 saturated carbocycles. The van der Waals surface area contributed by atoms with Crippen LogP contribution < -0.4 is 0 Å². The van der Waals surface area contributed by atoms with Gasteiger partial charge in [-0.25, -0.2) is 0 Å². The number of hydrogen-bond acceptors (Lipinski definition) is 2. The van der Waals surface area contributed by atoms with Crippen LogP contribution in [0.25, 0.3) is 0 Å². The molecule has 0 aromatic heterocycles. The Morgan fingerprint density at radius 3 is 2.62 bits per heavy atom. The highest BCUT2D eigenvalue weighted by atomic mass is 127. The van der Waals surface area contributed by atoms with Gasteiger partial charge in [-0.3, -0.25) is 4.79 Å². The first-order valence-corrected chi connectivity index (χ1v) is 4.81. The van der Waals surface area contributed by atoms with Gasteiger partial charge in [-0.2, -0.15) is 0 Å². The average molecular weight is 292 g/mol. The Balaban J connectivity index is 3.01. The number of benzene rings is 1. The van der Waals surface area contributed by atoms with Gasteiger partial charge < -0.3 is 10.2 Å². The number of carboxylic acids is 1. The van der Waals surface area contributed by atoms with E-state index < -0.39 is 5.97 Å². The largest absolute Gasteiger partial charge is 0.481 e. The van der Waals surface area contributed by atoms with Gasteiger partial charge in [0, 0.05) is 3.57 Å². The zero-order chi connectivity index (χ0) is 9.84. The van der Waals surface area contributed by atoms with Crippen LogP contribution >= 0.6 is 22.6 Å². The lowest BCUT2D eigenvalue weighted by Crippen LogP contribution is -2.04. The van der Waals surface area contributed by atoms with E-state index in [9.17, 15) is 4.79 Å². The zero-order valence-corrected chi connectivity index (χ0v) is 8.98. The molecule has 0 saturated heterocycles. The predicted octanol–water partition coefficient (Wildman–Crippen LogP) is 1.41. The molecular formula is C9H9IO3. The summed E-state index contributed by atoms with van der Waals surface area (Å²) in [7, 11) is 0. The third-order valence-electron chi connectivity index (χ3n) is 1.68. The fraction of sp³-hybridized carbons (Fsp3) is 0.222. The van der Waals surface area contributed by atoms with Crippen LogP contribution in [0.3, 0.4) is 0 Å². The molecule has 0 aliphatic heterocycles. The Kier molecular flexibility index (Phi) is 3.68. The van der Waals surface area contributed by atoms with Crippen molar-refractivity contribution in [1.82, 2.24) is 0 Å². The van der Waals surface area contributed by atoms with Crippen LogP contribution in [0.2, 0.25) is 0 Å². The van der Waals surface area contributed by atoms with Gasteiger partial charge in [0.2, 0.25) is 0 Å². The van der Waals surface area contributed by atoms with Crippen molar-refractivity contribution in [3.05, 3.63) is 32.9 Å². The third-order valence-corrected chi connectivity index (χ3v) is 2.35. The summed E-state index contributed by atoms with van der Waals surface area (Å²) in [5.41, 5.74) is 1.37. The Bertz CT molecular complexity index is 323. The zero-order valence-electron chi connectivity index (χ0n) is 6.83. The number of carboxylic acid groups (broad SMARTS) is 1. The highest BCUT2D eigenvalue weighted by molar-refractivity contribution is 14.1. The molecule has 1 aromatic carbocycles. The smallest absolute Gasteiger partial charge is 0.307 e. The number of hydrogen-bond donors (Lipinski definition) is 2. The molecule has 0 heterocycles. The lowest BCUT2D eigenvalue weighted by atomic mass is 10.1. The van der Waals surface area contributed by atoms with Crippen LogP contribution in [0.5, 0.6) is 0 Å². The minimum atomic E-state index is -0.878. The fourth-order valence-electron chi connectivity index (χ4n) is 1.08. The van der Waals surface area contributed by atoms with E-state index in [-0.39, 0.29) is 13.0 Å². The lowest BCUT2D eigenvalue weighted by molar-refractivity contribution is -0.136. The van der Waals surface area contributed by atoms with Gasteiger partial charge in [-0.1, -0.05) is 6.07 Å². The Hall–Kier alpha value is -0.620. The molecule has 0 aliphatic carbocycles. The summed E-state index contributed by atoms with van der Waals surface area (Å²) in [4.78, 5) is 10.5. The van der Waals surface area contributed by atoms with Crippen LogP contribution in [-0.4, -0.2) is 16.2 Å². The number of rotatable bonds is 3. The van der Waals surface area contributed by atoms with Gasteiger partial charge in [-0.15, -0.1) is 0 Å². The number of aliphatic hydroxyl groups is 1. The van der Waals surface area contributed by atoms with Crippen molar-refractivity contribution in [3.8, 4) is 0 Å². The molecule has 1 aromatic rings. The second-order valence-corrected chi connectivity index (χ2v) is 3.89. The topological polar surface area (TPSA) is 57.5 Å². The van der Waals surface area contributed by atoms with E-state index in [4.69, 9.17) is 10.2 Å². The number of halogens is 1. The molecule has 0 bridgehead atoms. The van der Waals surface area contributed by atoms with Crippen molar-refractivity contribution in [2.24, 2.45) is 0 Å². The SMILES string of the molecule is O=C(O)Cc1cc(I)ccc1CO. The number of carbonyl (C=O) groups is 1. The second-order valence-electron chi connectivity index (χ2n) is 2.64. The average Bonchev–Trinajstić information content (AvgIpc) is 2.03. The molecule has 0 spiro atoms. The van der Waals surface area contributed by atoms with E-state index in [1.807, 2.05) is 6.07 Å². The monoisotopic (exact) mass is 292 g/mol. The van der Waals surface area contributed by atoms with Crippen molar-refractivity contribution in [3.63, 3.8) is 0 Å². The minimum Gasteiger partial charge on any atom is -0.481 e. The summed E-state index contributed by atoms with van der Waals surface area (Å²) < 4.78 is 0.978. The summed E-state index contributed by atoms with van der Waals surface area (Å²) in [6.07, 6.45) is -0.0350. The molecule has 0 aliphatic rings. The number of aliphatic hydroxyl groups excluding tert-OH is 1. The maximum Gasteiger partial charge on any atom is 0.307 e. The summed E-state index contributed by atoms with van der Waals surface area (Å²) in [5, 5.41) is 17.5. The Morgan fingerprint density at radius 1 is 1.38 bits per heavy atom. The second kappa shape index (κ2) is 4.57. The molecular weight excluding hydrogens is 283 g/mol. The van der Waals surface area contributed by atoms with Crippen LogP contribution in [0.15, 0.2) is 18.2 Å². The molecule has 0 atom stereocenters. The first-order valence-electron chi connectivity index (χ1n) is 3.73. The molecule has 1 rings (SSSR count). The van der Waals surface area contributed by atoms with Crippen LogP contribution in [0, 0.1) is 3.57 Å². The van der Waals surface area contributed by atoms with Crippen LogP contribution in [0.4, 0.5) is 0 Å². The summed E-state index contributed by atoms with van der Waals surface area (Å²) >= 11 is 2.11. The molecule has 2 N–H and O–H groups in total. The van der Waals surface area contributed by atoms with Crippen LogP contribution in [-0.2, 0) is 17.8 Å². The summed E-state index contributed by atoms with van der Waals surface area (Å²) in [6, 6.07) is 5.37. The van der Waals surface area contributed by atoms with Gasteiger partial charge >= 0.3 is 5.97 Å². The molecule has 0 unspecified atom stereocenters. The van der Waals surface area contributed by atoms with E-state index in [2.05, 4.69) is 22.6 Å². The quantitative estimate of drug-likeness (QED) is 0.828. The normalized spacial score (nSPS) is 10.0. The van der Waals surface area contributed by atoms with Gasteiger partial charge in [0.05, 0.1) is 13.0 Å². The third kappa shape index (κ3) is 2.96. The molecule has 3 nitrogen and oxygen atoms in total. The fourth-order valence-corrected chi connectivity index (χ4v) is 1.63. The Morgan fingerprint density at radius 2 is 2.08 bits per heavy atom. The van der Waals surface area contributed by atoms with E-state index in [0.29, 0.717) is 11.1 Å². The number of aliphatic carboxylic acids is 1. The highest BCUT2D eigenvalue weighted by Gasteiger charge is 2.06. The molecule has 70 valence electrons. The highest BCUT2D eigenvalue weighted by Crippen LogP contribution is 2.14. The standard InChI is InChI=1S/C9H9IO3/c10-8-2-1-6(5-11)7(3-8)4-9(12)13/h1-3,11H,4-5H2,(H,12,13). The molecule has 0 radical (unpaired) electrons. The van der Waals surface area contributed by atoms with Gasteiger partial charge in [0.1, 0.15) is 0 Å². The summed E-state index contributed by atoms with van der Waals surface area (Å²) in [5.74, 6) is -0.878. The first-order chi connectivity index (χ1) is 6.13. The van der Waals surface area contributed by atoms with Gasteiger partial charge in [0.25, 0.3) is 0 Å². The van der Waals surface area contributed by atoms with E-state index in [0.717, 1.165) is 3.57 Å². The van der Waals surface area contributed by atoms with Crippen molar-refractivity contribution in [2.75, 3.05) is 0 Å². The van der Waals surface area contributed by atoms with Gasteiger partial charge in [0.15, 0.2) is 0 Å².